The smallest absolute Gasteiger partial charge is 0.433 e. The number of rotatable bonds is 6. The van der Waals surface area contributed by atoms with Crippen molar-refractivity contribution >= 4 is 38.1 Å². The SMILES string of the molecule is O=S(=O)(Nc1nnc(COc2ccc(Cl)cc2)s1)c1ccc(C(F)(F)F)nc1. The van der Waals surface area contributed by atoms with Gasteiger partial charge >= 0.3 is 6.18 Å². The number of hydrogen-bond donors (Lipinski definition) is 1. The molecule has 148 valence electrons. The molecule has 7 nitrogen and oxygen atoms in total. The lowest BCUT2D eigenvalue weighted by atomic mass is 10.3. The second-order valence-corrected chi connectivity index (χ2v) is 8.41. The molecule has 0 atom stereocenters. The van der Waals surface area contributed by atoms with Gasteiger partial charge in [-0.1, -0.05) is 22.9 Å². The predicted molar refractivity (Wildman–Crippen MR) is 95.7 cm³/mol. The maximum Gasteiger partial charge on any atom is 0.433 e. The lowest BCUT2D eigenvalue weighted by Crippen LogP contribution is -2.14. The van der Waals surface area contributed by atoms with Crippen LogP contribution >= 0.6 is 22.9 Å². The number of nitrogens with zero attached hydrogens (tertiary/aromatic N) is 3. The number of pyridine rings is 1. The van der Waals surface area contributed by atoms with Crippen molar-refractivity contribution in [1.29, 1.82) is 0 Å². The summed E-state index contributed by atoms with van der Waals surface area (Å²) in [7, 11) is -4.16. The minimum absolute atomic E-state index is 0.0445. The molecule has 0 unspecified atom stereocenters. The number of hydrogen-bond acceptors (Lipinski definition) is 7. The molecule has 0 saturated carbocycles. The van der Waals surface area contributed by atoms with Crippen molar-refractivity contribution in [3.63, 3.8) is 0 Å². The Morgan fingerprint density at radius 1 is 1.11 bits per heavy atom. The van der Waals surface area contributed by atoms with Crippen LogP contribution in [0.3, 0.4) is 0 Å². The molecule has 0 fully saturated rings. The van der Waals surface area contributed by atoms with E-state index in [1.54, 1.807) is 24.3 Å². The van der Waals surface area contributed by atoms with E-state index in [1.165, 1.54) is 0 Å². The lowest BCUT2D eigenvalue weighted by Gasteiger charge is -2.07. The summed E-state index contributed by atoms with van der Waals surface area (Å²) in [6.07, 6.45) is -4.04. The minimum atomic E-state index is -4.66. The van der Waals surface area contributed by atoms with Crippen LogP contribution in [0.1, 0.15) is 10.7 Å². The molecule has 0 bridgehead atoms. The summed E-state index contributed by atoms with van der Waals surface area (Å²) in [6.45, 7) is 0.0445. The van der Waals surface area contributed by atoms with Crippen molar-refractivity contribution in [1.82, 2.24) is 15.2 Å². The van der Waals surface area contributed by atoms with Gasteiger partial charge < -0.3 is 4.74 Å². The molecule has 0 aliphatic heterocycles. The van der Waals surface area contributed by atoms with E-state index in [1.807, 2.05) is 0 Å². The molecular weight excluding hydrogens is 441 g/mol. The Kier molecular flexibility index (Phi) is 5.72. The monoisotopic (exact) mass is 450 g/mol. The molecule has 0 amide bonds. The van der Waals surface area contributed by atoms with E-state index in [4.69, 9.17) is 16.3 Å². The van der Waals surface area contributed by atoms with E-state index in [0.717, 1.165) is 17.4 Å². The fourth-order valence-corrected chi connectivity index (χ4v) is 3.86. The van der Waals surface area contributed by atoms with Gasteiger partial charge in [0.25, 0.3) is 10.0 Å². The molecule has 0 saturated heterocycles. The van der Waals surface area contributed by atoms with E-state index in [9.17, 15) is 21.6 Å². The Hall–Kier alpha value is -2.44. The first kappa shape index (κ1) is 20.3. The standard InChI is InChI=1S/C15H10ClF3N4O3S2/c16-9-1-3-10(4-2-9)26-8-13-21-22-14(27-13)23-28(24,25)11-5-6-12(20-7-11)15(17,18)19/h1-7H,8H2,(H,22,23). The molecule has 0 aliphatic rings. The van der Waals surface area contributed by atoms with Gasteiger partial charge in [0.2, 0.25) is 5.13 Å². The van der Waals surface area contributed by atoms with E-state index in [-0.39, 0.29) is 11.7 Å². The number of benzene rings is 1. The minimum Gasteiger partial charge on any atom is -0.486 e. The predicted octanol–water partition coefficient (Wildman–Crippen LogP) is 3.99. The summed E-state index contributed by atoms with van der Waals surface area (Å²) in [5.41, 5.74) is -1.19. The van der Waals surface area contributed by atoms with E-state index in [2.05, 4.69) is 19.9 Å². The number of nitrogens with one attached hydrogen (secondary N) is 1. The first-order valence-electron chi connectivity index (χ1n) is 7.40. The Morgan fingerprint density at radius 3 is 2.43 bits per heavy atom. The summed E-state index contributed by atoms with van der Waals surface area (Å²) < 4.78 is 69.7. The highest BCUT2D eigenvalue weighted by molar-refractivity contribution is 7.93. The maximum absolute atomic E-state index is 12.5. The number of sulfonamides is 1. The van der Waals surface area contributed by atoms with Crippen LogP contribution in [0.25, 0.3) is 0 Å². The van der Waals surface area contributed by atoms with Crippen LogP contribution < -0.4 is 9.46 Å². The van der Waals surface area contributed by atoms with Gasteiger partial charge in [0.05, 0.1) is 0 Å². The average molecular weight is 451 g/mol. The van der Waals surface area contributed by atoms with Gasteiger partial charge in [-0.3, -0.25) is 9.71 Å². The second-order valence-electron chi connectivity index (χ2n) is 5.23. The maximum atomic E-state index is 12.5. The average Bonchev–Trinajstić information content (AvgIpc) is 3.07. The topological polar surface area (TPSA) is 94.1 Å². The normalized spacial score (nSPS) is 12.0. The van der Waals surface area contributed by atoms with Gasteiger partial charge in [0, 0.05) is 11.2 Å². The second kappa shape index (κ2) is 7.89. The third-order valence-electron chi connectivity index (χ3n) is 3.20. The Balaban J connectivity index is 1.65. The Labute approximate surface area is 166 Å². The zero-order chi connectivity index (χ0) is 20.4. The molecule has 0 spiro atoms. The molecule has 0 aliphatic carbocycles. The highest BCUT2D eigenvalue weighted by atomic mass is 35.5. The first-order valence-corrected chi connectivity index (χ1v) is 10.1. The summed E-state index contributed by atoms with van der Waals surface area (Å²) in [5.74, 6) is 0.539. The van der Waals surface area contributed by atoms with Crippen molar-refractivity contribution in [2.75, 3.05) is 4.72 Å². The van der Waals surface area contributed by atoms with Crippen molar-refractivity contribution in [2.45, 2.75) is 17.7 Å². The molecule has 1 aromatic carbocycles. The van der Waals surface area contributed by atoms with E-state index in [0.29, 0.717) is 28.0 Å². The lowest BCUT2D eigenvalue weighted by molar-refractivity contribution is -0.141. The zero-order valence-corrected chi connectivity index (χ0v) is 16.0. The van der Waals surface area contributed by atoms with Gasteiger partial charge in [-0.05, 0) is 36.4 Å². The van der Waals surface area contributed by atoms with Crippen LogP contribution in [0.5, 0.6) is 5.75 Å². The molecule has 0 radical (unpaired) electrons. The quantitative estimate of drug-likeness (QED) is 0.610. The van der Waals surface area contributed by atoms with Crippen LogP contribution in [0.15, 0.2) is 47.5 Å². The van der Waals surface area contributed by atoms with Gasteiger partial charge in [-0.2, -0.15) is 13.2 Å². The highest BCUT2D eigenvalue weighted by Crippen LogP contribution is 2.28. The van der Waals surface area contributed by atoms with E-state index >= 15 is 0 Å². The van der Waals surface area contributed by atoms with Gasteiger partial charge in [0.15, 0.2) is 5.01 Å². The molecular formula is C15H10ClF3N4O3S2. The largest absolute Gasteiger partial charge is 0.486 e. The third kappa shape index (κ3) is 5.09. The van der Waals surface area contributed by atoms with Crippen LogP contribution in [0.2, 0.25) is 5.02 Å². The molecule has 3 aromatic rings. The van der Waals surface area contributed by atoms with Crippen molar-refractivity contribution in [3.8, 4) is 5.75 Å². The molecule has 13 heteroatoms. The summed E-state index contributed by atoms with van der Waals surface area (Å²) >= 11 is 6.69. The van der Waals surface area contributed by atoms with Gasteiger partial charge in [0.1, 0.15) is 22.9 Å². The molecule has 1 N–H and O–H groups in total. The van der Waals surface area contributed by atoms with Crippen molar-refractivity contribution in [3.05, 3.63) is 58.3 Å². The van der Waals surface area contributed by atoms with Crippen LogP contribution in [0, 0.1) is 0 Å². The fourth-order valence-electron chi connectivity index (χ4n) is 1.91. The van der Waals surface area contributed by atoms with Gasteiger partial charge in [-0.25, -0.2) is 8.42 Å². The first-order chi connectivity index (χ1) is 13.1. The van der Waals surface area contributed by atoms with Crippen LogP contribution in [-0.2, 0) is 22.8 Å². The molecule has 28 heavy (non-hydrogen) atoms. The third-order valence-corrected chi connectivity index (χ3v) is 5.72. The fraction of sp³-hybridized carbons (Fsp3) is 0.133. The number of ether oxygens (including phenoxy) is 1. The van der Waals surface area contributed by atoms with E-state index < -0.39 is 26.8 Å². The van der Waals surface area contributed by atoms with Crippen LogP contribution in [0.4, 0.5) is 18.3 Å². The molecule has 2 heterocycles. The number of anilines is 1. The number of aromatic nitrogens is 3. The van der Waals surface area contributed by atoms with Gasteiger partial charge in [-0.15, -0.1) is 10.2 Å². The summed E-state index contributed by atoms with van der Waals surface area (Å²) in [6, 6.07) is 8.00. The number of alkyl halides is 3. The summed E-state index contributed by atoms with van der Waals surface area (Å²) in [5, 5.41) is 8.37. The van der Waals surface area contributed by atoms with Crippen LogP contribution in [-0.4, -0.2) is 23.6 Å². The highest BCUT2D eigenvalue weighted by Gasteiger charge is 2.32. The van der Waals surface area contributed by atoms with Crippen molar-refractivity contribution in [2.24, 2.45) is 0 Å². The van der Waals surface area contributed by atoms with Crippen molar-refractivity contribution < 1.29 is 26.3 Å². The molecule has 3 rings (SSSR count). The zero-order valence-electron chi connectivity index (χ0n) is 13.6. The molecule has 2 aromatic heterocycles. The summed E-state index contributed by atoms with van der Waals surface area (Å²) in [4.78, 5) is 2.69. The Morgan fingerprint density at radius 2 is 1.82 bits per heavy atom. The Bertz CT molecular complexity index is 1060. The number of halogens is 4.